The van der Waals surface area contributed by atoms with Gasteiger partial charge in [0.2, 0.25) is 0 Å². The van der Waals surface area contributed by atoms with E-state index in [0.29, 0.717) is 12.5 Å². The van der Waals surface area contributed by atoms with Gasteiger partial charge in [0.25, 0.3) is 0 Å². The van der Waals surface area contributed by atoms with Gasteiger partial charge in [-0.2, -0.15) is 0 Å². The standard InChI is InChI=1S/C16H18N4O2/c1-11(15-9-12-5-3-4-6-14(12)22-15)19-16(17-2)18-10-13-7-8-21-20-13/h3-9,11H,10H2,1-2H3,(H2,17,18,19). The third-order valence-electron chi connectivity index (χ3n) is 3.38. The molecule has 0 radical (unpaired) electrons. The van der Waals surface area contributed by atoms with Gasteiger partial charge < -0.3 is 19.6 Å². The fourth-order valence-corrected chi connectivity index (χ4v) is 2.19. The summed E-state index contributed by atoms with van der Waals surface area (Å²) >= 11 is 0. The van der Waals surface area contributed by atoms with Crippen LogP contribution in [0.1, 0.15) is 24.4 Å². The van der Waals surface area contributed by atoms with Crippen LogP contribution in [0.25, 0.3) is 11.0 Å². The number of aliphatic imine (C=N–C) groups is 1. The van der Waals surface area contributed by atoms with Crippen LogP contribution < -0.4 is 10.6 Å². The zero-order chi connectivity index (χ0) is 15.4. The van der Waals surface area contributed by atoms with E-state index in [9.17, 15) is 0 Å². The number of hydrogen-bond donors (Lipinski definition) is 2. The minimum absolute atomic E-state index is 0.00379. The van der Waals surface area contributed by atoms with Gasteiger partial charge in [-0.05, 0) is 19.1 Å². The molecule has 1 atom stereocenters. The third kappa shape index (κ3) is 3.11. The van der Waals surface area contributed by atoms with E-state index in [1.165, 1.54) is 0 Å². The Morgan fingerprint density at radius 3 is 2.91 bits per heavy atom. The van der Waals surface area contributed by atoms with E-state index in [0.717, 1.165) is 22.4 Å². The maximum atomic E-state index is 5.85. The maximum Gasteiger partial charge on any atom is 0.191 e. The number of fused-ring (bicyclic) bond motifs is 1. The first-order valence-corrected chi connectivity index (χ1v) is 7.11. The fraction of sp³-hybridized carbons (Fsp3) is 0.250. The van der Waals surface area contributed by atoms with Gasteiger partial charge in [-0.25, -0.2) is 0 Å². The molecule has 0 fully saturated rings. The number of benzene rings is 1. The van der Waals surface area contributed by atoms with Gasteiger partial charge in [0.15, 0.2) is 5.96 Å². The topological polar surface area (TPSA) is 75.6 Å². The largest absolute Gasteiger partial charge is 0.459 e. The first-order valence-electron chi connectivity index (χ1n) is 7.11. The van der Waals surface area contributed by atoms with Gasteiger partial charge >= 0.3 is 0 Å². The quantitative estimate of drug-likeness (QED) is 0.572. The van der Waals surface area contributed by atoms with Crippen molar-refractivity contribution >= 4 is 16.9 Å². The Morgan fingerprint density at radius 1 is 1.32 bits per heavy atom. The highest BCUT2D eigenvalue weighted by Crippen LogP contribution is 2.23. The van der Waals surface area contributed by atoms with Crippen molar-refractivity contribution in [2.45, 2.75) is 19.5 Å². The molecule has 0 saturated carbocycles. The van der Waals surface area contributed by atoms with Crippen molar-refractivity contribution in [1.82, 2.24) is 15.8 Å². The predicted octanol–water partition coefficient (Wildman–Crippen LogP) is 2.85. The summed E-state index contributed by atoms with van der Waals surface area (Å²) in [5.41, 5.74) is 1.70. The lowest BCUT2D eigenvalue weighted by atomic mass is 10.2. The number of rotatable bonds is 4. The molecule has 0 amide bonds. The number of aromatic nitrogens is 1. The Labute approximate surface area is 128 Å². The van der Waals surface area contributed by atoms with Gasteiger partial charge in [0.1, 0.15) is 23.3 Å². The van der Waals surface area contributed by atoms with Crippen LogP contribution in [-0.2, 0) is 6.54 Å². The molecule has 6 heteroatoms. The summed E-state index contributed by atoms with van der Waals surface area (Å²) in [4.78, 5) is 4.20. The molecule has 6 nitrogen and oxygen atoms in total. The van der Waals surface area contributed by atoms with Crippen molar-refractivity contribution in [2.75, 3.05) is 7.05 Å². The first-order chi connectivity index (χ1) is 10.8. The second-order valence-corrected chi connectivity index (χ2v) is 4.97. The first kappa shape index (κ1) is 14.2. The Bertz CT molecular complexity index is 728. The van der Waals surface area contributed by atoms with Crippen molar-refractivity contribution in [2.24, 2.45) is 4.99 Å². The zero-order valence-corrected chi connectivity index (χ0v) is 12.5. The lowest BCUT2D eigenvalue weighted by Crippen LogP contribution is -2.38. The summed E-state index contributed by atoms with van der Waals surface area (Å²) in [6.45, 7) is 2.57. The molecule has 1 unspecified atom stereocenters. The molecule has 0 aliphatic heterocycles. The van der Waals surface area contributed by atoms with Crippen LogP contribution in [0.3, 0.4) is 0 Å². The van der Waals surface area contributed by atoms with Crippen LogP contribution in [0.2, 0.25) is 0 Å². The van der Waals surface area contributed by atoms with E-state index < -0.39 is 0 Å². The van der Waals surface area contributed by atoms with Gasteiger partial charge in [-0.15, -0.1) is 0 Å². The van der Waals surface area contributed by atoms with Gasteiger partial charge in [-0.3, -0.25) is 4.99 Å². The van der Waals surface area contributed by atoms with Crippen molar-refractivity contribution in [3.05, 3.63) is 54.1 Å². The van der Waals surface area contributed by atoms with Crippen LogP contribution in [0.15, 0.2) is 56.6 Å². The minimum Gasteiger partial charge on any atom is -0.459 e. The van der Waals surface area contributed by atoms with E-state index in [2.05, 4.69) is 20.8 Å². The van der Waals surface area contributed by atoms with Crippen molar-refractivity contribution in [1.29, 1.82) is 0 Å². The molecule has 2 aromatic heterocycles. The molecular formula is C16H18N4O2. The van der Waals surface area contributed by atoms with Crippen LogP contribution >= 0.6 is 0 Å². The highest BCUT2D eigenvalue weighted by molar-refractivity contribution is 5.81. The molecule has 0 aliphatic carbocycles. The number of furan rings is 1. The van der Waals surface area contributed by atoms with Crippen LogP contribution in [-0.4, -0.2) is 18.2 Å². The van der Waals surface area contributed by atoms with Crippen molar-refractivity contribution in [3.8, 4) is 0 Å². The van der Waals surface area contributed by atoms with E-state index >= 15 is 0 Å². The molecule has 1 aromatic carbocycles. The lowest BCUT2D eigenvalue weighted by molar-refractivity contribution is 0.410. The SMILES string of the molecule is CN=C(NCc1ccon1)NC(C)c1cc2ccccc2o1. The van der Waals surface area contributed by atoms with E-state index in [1.807, 2.05) is 43.3 Å². The van der Waals surface area contributed by atoms with Gasteiger partial charge in [0, 0.05) is 18.5 Å². The molecule has 3 aromatic rings. The Kier molecular flexibility index (Phi) is 4.09. The fourth-order valence-electron chi connectivity index (χ4n) is 2.19. The second-order valence-electron chi connectivity index (χ2n) is 4.97. The normalized spacial score (nSPS) is 13.3. The van der Waals surface area contributed by atoms with Crippen LogP contribution in [0, 0.1) is 0 Å². The van der Waals surface area contributed by atoms with Crippen LogP contribution in [0.5, 0.6) is 0 Å². The molecule has 0 bridgehead atoms. The highest BCUT2D eigenvalue weighted by Gasteiger charge is 2.13. The molecule has 0 saturated heterocycles. The third-order valence-corrected chi connectivity index (χ3v) is 3.38. The number of para-hydroxylation sites is 1. The second kappa shape index (κ2) is 6.34. The number of guanidine groups is 1. The molecule has 2 N–H and O–H groups in total. The van der Waals surface area contributed by atoms with Crippen LogP contribution in [0.4, 0.5) is 0 Å². The van der Waals surface area contributed by atoms with E-state index in [1.54, 1.807) is 13.3 Å². The Balaban J connectivity index is 1.65. The maximum absolute atomic E-state index is 5.85. The van der Waals surface area contributed by atoms with Gasteiger partial charge in [-0.1, -0.05) is 23.4 Å². The summed E-state index contributed by atoms with van der Waals surface area (Å²) in [6.07, 6.45) is 1.55. The van der Waals surface area contributed by atoms with E-state index in [-0.39, 0.29) is 6.04 Å². The highest BCUT2D eigenvalue weighted by atomic mass is 16.5. The molecule has 2 heterocycles. The molecular weight excluding hydrogens is 280 g/mol. The van der Waals surface area contributed by atoms with E-state index in [4.69, 9.17) is 8.94 Å². The summed E-state index contributed by atoms with van der Waals surface area (Å²) in [5.74, 6) is 1.54. The monoisotopic (exact) mass is 298 g/mol. The molecule has 3 rings (SSSR count). The summed E-state index contributed by atoms with van der Waals surface area (Å²) < 4.78 is 10.7. The summed E-state index contributed by atoms with van der Waals surface area (Å²) in [6, 6.07) is 11.8. The lowest BCUT2D eigenvalue weighted by Gasteiger charge is -2.15. The Hall–Kier alpha value is -2.76. The van der Waals surface area contributed by atoms with Gasteiger partial charge in [0.05, 0.1) is 12.6 Å². The van der Waals surface area contributed by atoms with Crippen molar-refractivity contribution < 1.29 is 8.94 Å². The Morgan fingerprint density at radius 2 is 2.18 bits per heavy atom. The number of nitrogens with zero attached hydrogens (tertiary/aromatic N) is 2. The average molecular weight is 298 g/mol. The molecule has 114 valence electrons. The smallest absolute Gasteiger partial charge is 0.191 e. The predicted molar refractivity (Wildman–Crippen MR) is 84.5 cm³/mol. The molecule has 0 spiro atoms. The molecule has 22 heavy (non-hydrogen) atoms. The average Bonchev–Trinajstić information content (AvgIpc) is 3.19. The van der Waals surface area contributed by atoms with Crippen molar-refractivity contribution in [3.63, 3.8) is 0 Å². The number of hydrogen-bond acceptors (Lipinski definition) is 4. The number of nitrogens with one attached hydrogen (secondary N) is 2. The molecule has 0 aliphatic rings. The zero-order valence-electron chi connectivity index (χ0n) is 12.5. The minimum atomic E-state index is -0.00379. The summed E-state index contributed by atoms with van der Waals surface area (Å²) in [7, 11) is 1.73. The summed E-state index contributed by atoms with van der Waals surface area (Å²) in [5, 5.41) is 11.4.